The van der Waals surface area contributed by atoms with Gasteiger partial charge < -0.3 is 10.0 Å². The van der Waals surface area contributed by atoms with Gasteiger partial charge in [0.15, 0.2) is 5.78 Å². The zero-order valence-electron chi connectivity index (χ0n) is 13.7. The second kappa shape index (κ2) is 7.24. The largest absolute Gasteiger partial charge is 0.507 e. The number of hydrogen-bond acceptors (Lipinski definition) is 4. The second-order valence-electron chi connectivity index (χ2n) is 6.12. The van der Waals surface area contributed by atoms with E-state index in [1.54, 1.807) is 6.07 Å². The van der Waals surface area contributed by atoms with Gasteiger partial charge in [0.1, 0.15) is 5.75 Å². The summed E-state index contributed by atoms with van der Waals surface area (Å²) in [6, 6.07) is 13.6. The van der Waals surface area contributed by atoms with Crippen molar-refractivity contribution < 1.29 is 9.90 Å². The van der Waals surface area contributed by atoms with E-state index in [4.69, 9.17) is 11.6 Å². The van der Waals surface area contributed by atoms with Crippen LogP contribution in [0.4, 0.5) is 5.69 Å². The number of para-hydroxylation sites is 1. The van der Waals surface area contributed by atoms with Gasteiger partial charge in [0, 0.05) is 49.0 Å². The summed E-state index contributed by atoms with van der Waals surface area (Å²) in [7, 11) is 0. The monoisotopic (exact) mass is 344 g/mol. The highest BCUT2D eigenvalue weighted by Gasteiger charge is 2.20. The lowest BCUT2D eigenvalue weighted by Gasteiger charge is -2.36. The summed E-state index contributed by atoms with van der Waals surface area (Å²) in [6.07, 6.45) is 0. The van der Waals surface area contributed by atoms with Gasteiger partial charge in [-0.3, -0.25) is 9.69 Å². The number of nitrogens with zero attached hydrogens (tertiary/aromatic N) is 2. The summed E-state index contributed by atoms with van der Waals surface area (Å²) in [4.78, 5) is 16.3. The van der Waals surface area contributed by atoms with E-state index in [2.05, 4.69) is 34.1 Å². The highest BCUT2D eigenvalue weighted by Crippen LogP contribution is 2.29. The maximum absolute atomic E-state index is 11.6. The smallest absolute Gasteiger partial charge is 0.163 e. The molecule has 4 nitrogen and oxygen atoms in total. The van der Waals surface area contributed by atoms with Gasteiger partial charge in [-0.05, 0) is 31.2 Å². The Kier molecular flexibility index (Phi) is 5.07. The fraction of sp³-hybridized carbons (Fsp3) is 0.316. The second-order valence-corrected chi connectivity index (χ2v) is 6.55. The van der Waals surface area contributed by atoms with Crippen LogP contribution in [0.1, 0.15) is 22.8 Å². The van der Waals surface area contributed by atoms with Crippen LogP contribution >= 0.6 is 11.6 Å². The molecule has 126 valence electrons. The molecule has 1 aliphatic heterocycles. The number of ketones is 1. The van der Waals surface area contributed by atoms with Gasteiger partial charge in [-0.25, -0.2) is 0 Å². The molecule has 1 fully saturated rings. The van der Waals surface area contributed by atoms with Crippen LogP contribution in [-0.2, 0) is 6.54 Å². The minimum absolute atomic E-state index is 0.0531. The first-order valence-electron chi connectivity index (χ1n) is 8.09. The number of halogens is 1. The molecule has 1 saturated heterocycles. The van der Waals surface area contributed by atoms with Crippen LogP contribution in [-0.4, -0.2) is 42.0 Å². The van der Waals surface area contributed by atoms with Crippen molar-refractivity contribution in [3.8, 4) is 5.75 Å². The molecular formula is C19H21ClN2O2. The summed E-state index contributed by atoms with van der Waals surface area (Å²) >= 11 is 6.10. The molecule has 0 bridgehead atoms. The molecule has 24 heavy (non-hydrogen) atoms. The predicted octanol–water partition coefficient (Wildman–Crippen LogP) is 3.57. The minimum Gasteiger partial charge on any atom is -0.507 e. The summed E-state index contributed by atoms with van der Waals surface area (Å²) in [5.41, 5.74) is 2.24. The van der Waals surface area contributed by atoms with Gasteiger partial charge in [0.25, 0.3) is 0 Å². The molecule has 0 spiro atoms. The molecule has 5 heteroatoms. The topological polar surface area (TPSA) is 43.8 Å². The third-order valence-corrected chi connectivity index (χ3v) is 4.64. The lowest BCUT2D eigenvalue weighted by molar-refractivity contribution is 0.101. The molecule has 0 saturated carbocycles. The maximum Gasteiger partial charge on any atom is 0.163 e. The minimum atomic E-state index is -0.176. The van der Waals surface area contributed by atoms with Crippen molar-refractivity contribution in [1.29, 1.82) is 0 Å². The molecule has 0 amide bonds. The van der Waals surface area contributed by atoms with Crippen molar-refractivity contribution in [2.45, 2.75) is 13.5 Å². The van der Waals surface area contributed by atoms with Gasteiger partial charge >= 0.3 is 0 Å². The van der Waals surface area contributed by atoms with Crippen molar-refractivity contribution in [2.24, 2.45) is 0 Å². The van der Waals surface area contributed by atoms with Crippen molar-refractivity contribution >= 4 is 23.1 Å². The van der Waals surface area contributed by atoms with E-state index in [0.29, 0.717) is 22.7 Å². The van der Waals surface area contributed by atoms with Crippen LogP contribution in [0.2, 0.25) is 5.02 Å². The van der Waals surface area contributed by atoms with Crippen molar-refractivity contribution in [3.05, 3.63) is 58.6 Å². The van der Waals surface area contributed by atoms with Crippen LogP contribution in [0.3, 0.4) is 0 Å². The number of piperazine rings is 1. The fourth-order valence-electron chi connectivity index (χ4n) is 3.09. The number of anilines is 1. The molecule has 0 aliphatic carbocycles. The molecule has 0 radical (unpaired) electrons. The van der Waals surface area contributed by atoms with Crippen LogP contribution < -0.4 is 4.90 Å². The third-order valence-electron chi connectivity index (χ3n) is 4.42. The Morgan fingerprint density at radius 2 is 1.79 bits per heavy atom. The first-order valence-corrected chi connectivity index (χ1v) is 8.47. The maximum atomic E-state index is 11.6. The molecular weight excluding hydrogens is 324 g/mol. The summed E-state index contributed by atoms with van der Waals surface area (Å²) < 4.78 is 0. The average Bonchev–Trinajstić information content (AvgIpc) is 2.59. The van der Waals surface area contributed by atoms with E-state index in [-0.39, 0.29) is 11.5 Å². The normalized spacial score (nSPS) is 15.5. The first kappa shape index (κ1) is 16.8. The van der Waals surface area contributed by atoms with E-state index in [9.17, 15) is 9.90 Å². The number of phenols is 1. The Labute approximate surface area is 147 Å². The number of rotatable bonds is 4. The molecule has 1 heterocycles. The van der Waals surface area contributed by atoms with Crippen LogP contribution in [0.15, 0.2) is 42.5 Å². The Morgan fingerprint density at radius 3 is 2.42 bits per heavy atom. The van der Waals surface area contributed by atoms with Gasteiger partial charge in [-0.15, -0.1) is 0 Å². The highest BCUT2D eigenvalue weighted by atomic mass is 35.5. The predicted molar refractivity (Wildman–Crippen MR) is 97.1 cm³/mol. The molecule has 1 N–H and O–H groups in total. The Balaban J connectivity index is 1.67. The van der Waals surface area contributed by atoms with Gasteiger partial charge in [-0.1, -0.05) is 29.8 Å². The summed E-state index contributed by atoms with van der Waals surface area (Å²) in [6.45, 7) is 5.70. The van der Waals surface area contributed by atoms with Crippen LogP contribution in [0.5, 0.6) is 5.75 Å². The lowest BCUT2D eigenvalue weighted by atomic mass is 10.0. The number of carbonyl (C=O) groups excluding carboxylic acids is 1. The molecule has 0 unspecified atom stereocenters. The number of carbonyl (C=O) groups is 1. The number of benzene rings is 2. The van der Waals surface area contributed by atoms with E-state index >= 15 is 0 Å². The van der Waals surface area contributed by atoms with E-state index in [0.717, 1.165) is 26.2 Å². The molecule has 2 aromatic rings. The lowest BCUT2D eigenvalue weighted by Crippen LogP contribution is -2.45. The number of Topliss-reactive ketones (excluding diaryl/α,β-unsaturated/α-hetero) is 1. The van der Waals surface area contributed by atoms with Gasteiger partial charge in [-0.2, -0.15) is 0 Å². The average molecular weight is 345 g/mol. The Bertz CT molecular complexity index is 726. The molecule has 1 aliphatic rings. The SMILES string of the molecule is CC(=O)c1cc(Cl)cc(CN2CCN(c3ccccc3)CC2)c1O. The van der Waals surface area contributed by atoms with Crippen molar-refractivity contribution in [3.63, 3.8) is 0 Å². The first-order chi connectivity index (χ1) is 11.5. The molecule has 0 atom stereocenters. The number of hydrogen-bond donors (Lipinski definition) is 1. The standard InChI is InChI=1S/C19H21ClN2O2/c1-14(23)18-12-16(20)11-15(19(18)24)13-21-7-9-22(10-8-21)17-5-3-2-4-6-17/h2-6,11-12,24H,7-10,13H2,1H3. The molecule has 0 aromatic heterocycles. The van der Waals surface area contributed by atoms with Crippen LogP contribution in [0, 0.1) is 0 Å². The zero-order chi connectivity index (χ0) is 17.1. The summed E-state index contributed by atoms with van der Waals surface area (Å²) in [5.74, 6) is -0.123. The van der Waals surface area contributed by atoms with E-state index < -0.39 is 0 Å². The van der Waals surface area contributed by atoms with Crippen molar-refractivity contribution in [2.75, 3.05) is 31.1 Å². The van der Waals surface area contributed by atoms with Gasteiger partial charge in [0.05, 0.1) is 5.56 Å². The van der Waals surface area contributed by atoms with Crippen molar-refractivity contribution in [1.82, 2.24) is 4.90 Å². The quantitative estimate of drug-likeness (QED) is 0.861. The number of phenolic OH excluding ortho intramolecular Hbond substituents is 1. The van der Waals surface area contributed by atoms with E-state index in [1.807, 2.05) is 6.07 Å². The fourth-order valence-corrected chi connectivity index (χ4v) is 3.33. The zero-order valence-corrected chi connectivity index (χ0v) is 14.5. The highest BCUT2D eigenvalue weighted by molar-refractivity contribution is 6.31. The third kappa shape index (κ3) is 3.71. The summed E-state index contributed by atoms with van der Waals surface area (Å²) in [5, 5.41) is 10.8. The van der Waals surface area contributed by atoms with Crippen LogP contribution in [0.25, 0.3) is 0 Å². The molecule has 2 aromatic carbocycles. The molecule has 3 rings (SSSR count). The number of aromatic hydroxyl groups is 1. The van der Waals surface area contributed by atoms with Gasteiger partial charge in [0.2, 0.25) is 0 Å². The Morgan fingerprint density at radius 1 is 1.12 bits per heavy atom. The van der Waals surface area contributed by atoms with E-state index in [1.165, 1.54) is 18.7 Å². The Hall–Kier alpha value is -2.04.